The highest BCUT2D eigenvalue weighted by atomic mass is 16.5. The van der Waals surface area contributed by atoms with Gasteiger partial charge >= 0.3 is 0 Å². The van der Waals surface area contributed by atoms with E-state index in [1.807, 2.05) is 0 Å². The van der Waals surface area contributed by atoms with Crippen molar-refractivity contribution in [1.29, 1.82) is 0 Å². The van der Waals surface area contributed by atoms with Gasteiger partial charge < -0.3 is 4.74 Å². The van der Waals surface area contributed by atoms with E-state index in [1.165, 1.54) is 32.1 Å². The molecule has 7 rings (SSSR count). The van der Waals surface area contributed by atoms with E-state index < -0.39 is 0 Å². The first-order valence-corrected chi connectivity index (χ1v) is 11.3. The molecule has 138 valence electrons. The highest BCUT2D eigenvalue weighted by molar-refractivity contribution is 5.91. The molecule has 1 heterocycles. The Kier molecular flexibility index (Phi) is 2.65. The van der Waals surface area contributed by atoms with Gasteiger partial charge in [0.25, 0.3) is 0 Å². The zero-order valence-electron chi connectivity index (χ0n) is 15.8. The molecule has 0 radical (unpaired) electrons. The fourth-order valence-electron chi connectivity index (χ4n) is 9.48. The number of hydrogen-bond donors (Lipinski definition) is 0. The largest absolute Gasteiger partial charge is 0.366 e. The summed E-state index contributed by atoms with van der Waals surface area (Å²) < 4.78 is 6.60. The van der Waals surface area contributed by atoms with E-state index in [1.54, 1.807) is 5.57 Å². The molecule has 0 aromatic rings. The van der Waals surface area contributed by atoms with Crippen LogP contribution in [0.5, 0.6) is 0 Å². The summed E-state index contributed by atoms with van der Waals surface area (Å²) in [5.41, 5.74) is 2.09. The lowest BCUT2D eigenvalue weighted by Crippen LogP contribution is -2.56. The molecule has 6 aliphatic carbocycles. The summed E-state index contributed by atoms with van der Waals surface area (Å²) in [6.07, 6.45) is 15.7. The van der Waals surface area contributed by atoms with Crippen LogP contribution in [0.2, 0.25) is 0 Å². The predicted octanol–water partition coefficient (Wildman–Crippen LogP) is 4.56. The van der Waals surface area contributed by atoms with E-state index in [0.717, 1.165) is 66.8 Å². The molecule has 2 heteroatoms. The summed E-state index contributed by atoms with van der Waals surface area (Å²) >= 11 is 0. The van der Waals surface area contributed by atoms with E-state index in [0.29, 0.717) is 11.2 Å². The molecule has 0 aromatic heterocycles. The van der Waals surface area contributed by atoms with Crippen LogP contribution in [0.4, 0.5) is 0 Å². The third-order valence-corrected chi connectivity index (χ3v) is 10.3. The molecule has 1 spiro atoms. The normalized spacial score (nSPS) is 60.7. The molecule has 5 fully saturated rings. The minimum atomic E-state index is 0.0884. The number of fused-ring (bicyclic) bond motifs is 12. The Morgan fingerprint density at radius 1 is 1.15 bits per heavy atom. The second kappa shape index (κ2) is 4.57. The van der Waals surface area contributed by atoms with Crippen molar-refractivity contribution in [3.63, 3.8) is 0 Å². The Bertz CT molecular complexity index is 764. The maximum absolute atomic E-state index is 12.0. The van der Waals surface area contributed by atoms with Crippen LogP contribution in [-0.4, -0.2) is 18.0 Å². The molecule has 7 aliphatic rings. The van der Waals surface area contributed by atoms with E-state index in [4.69, 9.17) is 4.74 Å². The van der Waals surface area contributed by atoms with Crippen LogP contribution in [0.1, 0.15) is 51.9 Å². The lowest BCUT2D eigenvalue weighted by Gasteiger charge is -2.58. The molecule has 3 unspecified atom stereocenters. The number of carbonyl (C=O) groups is 1. The molecular weight excluding hydrogens is 320 g/mol. The van der Waals surface area contributed by atoms with Crippen LogP contribution in [0.3, 0.4) is 0 Å². The molecule has 0 N–H and O–H groups in total. The molecule has 0 saturated heterocycles. The van der Waals surface area contributed by atoms with Gasteiger partial charge in [0.1, 0.15) is 0 Å². The van der Waals surface area contributed by atoms with E-state index in [9.17, 15) is 4.79 Å². The maximum Gasteiger partial charge on any atom is 0.155 e. The van der Waals surface area contributed by atoms with Crippen LogP contribution < -0.4 is 0 Å². The van der Waals surface area contributed by atoms with E-state index >= 15 is 0 Å². The van der Waals surface area contributed by atoms with E-state index in [2.05, 4.69) is 25.2 Å². The summed E-state index contributed by atoms with van der Waals surface area (Å²) in [5, 5.41) is 0. The number of hydrogen-bond acceptors (Lipinski definition) is 2. The Morgan fingerprint density at radius 2 is 2.08 bits per heavy atom. The van der Waals surface area contributed by atoms with Gasteiger partial charge in [0.15, 0.2) is 5.78 Å². The summed E-state index contributed by atoms with van der Waals surface area (Å²) in [6, 6.07) is 0. The lowest BCUT2D eigenvalue weighted by atomic mass is 9.48. The number of carbonyl (C=O) groups excluding carboxylic acids is 1. The quantitative estimate of drug-likeness (QED) is 0.648. The van der Waals surface area contributed by atoms with Gasteiger partial charge in [0.05, 0.1) is 12.2 Å². The van der Waals surface area contributed by atoms with Crippen molar-refractivity contribution in [3.05, 3.63) is 23.8 Å². The molecule has 0 bridgehead atoms. The second-order valence-electron chi connectivity index (χ2n) is 10.6. The van der Waals surface area contributed by atoms with Gasteiger partial charge in [-0.1, -0.05) is 24.6 Å². The van der Waals surface area contributed by atoms with Crippen molar-refractivity contribution in [2.45, 2.75) is 57.5 Å². The zero-order valence-corrected chi connectivity index (χ0v) is 15.8. The number of rotatable bonds is 1. The van der Waals surface area contributed by atoms with Crippen molar-refractivity contribution in [3.8, 4) is 0 Å². The number of ketones is 1. The fourth-order valence-corrected chi connectivity index (χ4v) is 9.48. The first-order valence-electron chi connectivity index (χ1n) is 11.3. The summed E-state index contributed by atoms with van der Waals surface area (Å²) in [7, 11) is 0. The molecule has 2 nitrogen and oxygen atoms in total. The Morgan fingerprint density at radius 3 is 2.88 bits per heavy atom. The van der Waals surface area contributed by atoms with Crippen molar-refractivity contribution in [2.75, 3.05) is 6.61 Å². The Hall–Kier alpha value is -0.890. The van der Waals surface area contributed by atoms with Crippen LogP contribution in [-0.2, 0) is 9.53 Å². The number of ether oxygens (including phenoxy) is 1. The standard InChI is InChI=1S/C24H30O2/c1-2-23-8-6-15-14-5-4-13(25)10-16(14)17-11-18(17)21(15)22(23)19-12-20(19)24(23)7-3-9-26-24/h3,7,10,14-15,17-22H,2,4-6,8-9,11-12H2,1H3/t14-,15?,17+,18+,19+,20-,21?,22?,23+,24+/m1/s1. The van der Waals surface area contributed by atoms with Crippen LogP contribution in [0, 0.1) is 52.8 Å². The number of allylic oxidation sites excluding steroid dienone is 1. The molecule has 1 aliphatic heterocycles. The van der Waals surface area contributed by atoms with Crippen molar-refractivity contribution in [2.24, 2.45) is 52.8 Å². The molecule has 0 amide bonds. The molecule has 10 atom stereocenters. The predicted molar refractivity (Wildman–Crippen MR) is 99.3 cm³/mol. The highest BCUT2D eigenvalue weighted by Crippen LogP contribution is 2.81. The monoisotopic (exact) mass is 350 g/mol. The fraction of sp³-hybridized carbons (Fsp3) is 0.792. The van der Waals surface area contributed by atoms with Crippen molar-refractivity contribution >= 4 is 5.78 Å². The first kappa shape index (κ1) is 15.1. The highest BCUT2D eigenvalue weighted by Gasteiger charge is 2.79. The lowest BCUT2D eigenvalue weighted by molar-refractivity contribution is -0.145. The maximum atomic E-state index is 12.0. The van der Waals surface area contributed by atoms with Gasteiger partial charge in [-0.15, -0.1) is 0 Å². The first-order chi connectivity index (χ1) is 12.7. The molecule has 0 aromatic carbocycles. The van der Waals surface area contributed by atoms with Crippen LogP contribution in [0.25, 0.3) is 0 Å². The van der Waals surface area contributed by atoms with Crippen molar-refractivity contribution < 1.29 is 9.53 Å². The molecular formula is C24H30O2. The minimum Gasteiger partial charge on any atom is -0.366 e. The average Bonchev–Trinajstić information content (AvgIpc) is 3.56. The zero-order chi connectivity index (χ0) is 17.3. The topological polar surface area (TPSA) is 26.3 Å². The third-order valence-electron chi connectivity index (χ3n) is 10.3. The van der Waals surface area contributed by atoms with Gasteiger partial charge in [-0.3, -0.25) is 4.79 Å². The SMILES string of the molecule is CC[C@]12CCC3C(C1[C@H]1C[C@H]1[C@@]21C=CCO1)[C@H]1C[C@H]1C1=CC(=O)CC[C@@H]13. The summed E-state index contributed by atoms with van der Waals surface area (Å²) in [5.74, 6) is 7.25. The van der Waals surface area contributed by atoms with Gasteiger partial charge in [0, 0.05) is 11.8 Å². The van der Waals surface area contributed by atoms with Crippen molar-refractivity contribution in [1.82, 2.24) is 0 Å². The van der Waals surface area contributed by atoms with Gasteiger partial charge in [-0.25, -0.2) is 0 Å². The van der Waals surface area contributed by atoms with Gasteiger partial charge in [0.2, 0.25) is 0 Å². The van der Waals surface area contributed by atoms with Crippen LogP contribution >= 0.6 is 0 Å². The summed E-state index contributed by atoms with van der Waals surface area (Å²) in [6.45, 7) is 3.29. The molecule has 26 heavy (non-hydrogen) atoms. The Labute approximate surface area is 156 Å². The second-order valence-corrected chi connectivity index (χ2v) is 10.6. The van der Waals surface area contributed by atoms with Crippen LogP contribution in [0.15, 0.2) is 23.8 Å². The van der Waals surface area contributed by atoms with E-state index in [-0.39, 0.29) is 5.60 Å². The third kappa shape index (κ3) is 1.49. The summed E-state index contributed by atoms with van der Waals surface area (Å²) in [4.78, 5) is 12.0. The average molecular weight is 351 g/mol. The smallest absolute Gasteiger partial charge is 0.155 e. The minimum absolute atomic E-state index is 0.0884. The Balaban J connectivity index is 1.34. The van der Waals surface area contributed by atoms with Gasteiger partial charge in [-0.2, -0.15) is 0 Å². The molecule has 5 saturated carbocycles. The van der Waals surface area contributed by atoms with Gasteiger partial charge in [-0.05, 0) is 91.9 Å².